The molecule has 5 rings (SSSR count). The van der Waals surface area contributed by atoms with Crippen molar-refractivity contribution in [1.82, 2.24) is 10.3 Å². The van der Waals surface area contributed by atoms with Crippen molar-refractivity contribution in [2.24, 2.45) is 0 Å². The number of aromatic nitrogens is 1. The van der Waals surface area contributed by atoms with E-state index in [0.29, 0.717) is 13.0 Å². The van der Waals surface area contributed by atoms with Crippen LogP contribution < -0.4 is 15.0 Å². The van der Waals surface area contributed by atoms with Crippen molar-refractivity contribution in [2.75, 3.05) is 18.1 Å². The van der Waals surface area contributed by atoms with E-state index in [9.17, 15) is 9.59 Å². The zero-order valence-corrected chi connectivity index (χ0v) is 19.0. The summed E-state index contributed by atoms with van der Waals surface area (Å²) in [6, 6.07) is 20.5. The van der Waals surface area contributed by atoms with Gasteiger partial charge in [0, 0.05) is 11.9 Å². The SMILES string of the molecule is Cl.O=C1NC(=O)C(Cc2ccc(OC[C@@H]3CCCN3c3ccc4ccccc4n3)cc2)S1. The van der Waals surface area contributed by atoms with Crippen LogP contribution in [0.5, 0.6) is 5.75 Å². The minimum Gasteiger partial charge on any atom is -0.491 e. The molecule has 1 aromatic heterocycles. The first-order valence-corrected chi connectivity index (χ1v) is 11.4. The maximum Gasteiger partial charge on any atom is 0.286 e. The molecule has 2 aromatic carbocycles. The third-order valence-electron chi connectivity index (χ3n) is 5.81. The Kier molecular flexibility index (Phi) is 6.86. The summed E-state index contributed by atoms with van der Waals surface area (Å²) in [6.07, 6.45) is 2.74. The first kappa shape index (κ1) is 22.4. The Labute approximate surface area is 197 Å². The number of amides is 2. The molecule has 166 valence electrons. The fraction of sp³-hybridized carbons (Fsp3) is 0.292. The van der Waals surface area contributed by atoms with E-state index in [0.717, 1.165) is 59.2 Å². The number of fused-ring (bicyclic) bond motifs is 1. The minimum absolute atomic E-state index is 0. The molecular formula is C24H24ClN3O3S. The van der Waals surface area contributed by atoms with E-state index in [2.05, 4.69) is 28.4 Å². The Hall–Kier alpha value is -2.77. The number of para-hydroxylation sites is 1. The molecule has 2 aliphatic heterocycles. The predicted molar refractivity (Wildman–Crippen MR) is 130 cm³/mol. The van der Waals surface area contributed by atoms with Crippen molar-refractivity contribution < 1.29 is 14.3 Å². The summed E-state index contributed by atoms with van der Waals surface area (Å²) < 4.78 is 6.08. The van der Waals surface area contributed by atoms with E-state index in [-0.39, 0.29) is 34.8 Å². The van der Waals surface area contributed by atoms with Gasteiger partial charge in [0.15, 0.2) is 0 Å². The van der Waals surface area contributed by atoms with Gasteiger partial charge in [-0.1, -0.05) is 42.1 Å². The van der Waals surface area contributed by atoms with Crippen molar-refractivity contribution in [3.8, 4) is 5.75 Å². The number of ether oxygens (including phenoxy) is 1. The highest BCUT2D eigenvalue weighted by Crippen LogP contribution is 2.27. The molecule has 0 saturated carbocycles. The Balaban J connectivity index is 0.00000245. The third kappa shape index (κ3) is 4.84. The van der Waals surface area contributed by atoms with Crippen molar-refractivity contribution in [3.05, 3.63) is 66.2 Å². The van der Waals surface area contributed by atoms with Crippen LogP contribution in [0.3, 0.4) is 0 Å². The lowest BCUT2D eigenvalue weighted by Crippen LogP contribution is -2.34. The van der Waals surface area contributed by atoms with Crippen LogP contribution in [0.2, 0.25) is 0 Å². The first-order valence-electron chi connectivity index (χ1n) is 10.5. The zero-order valence-electron chi connectivity index (χ0n) is 17.4. The van der Waals surface area contributed by atoms with Gasteiger partial charge in [0.1, 0.15) is 18.2 Å². The molecule has 0 radical (unpaired) electrons. The van der Waals surface area contributed by atoms with E-state index >= 15 is 0 Å². The monoisotopic (exact) mass is 469 g/mol. The lowest BCUT2D eigenvalue weighted by atomic mass is 10.1. The van der Waals surface area contributed by atoms with Gasteiger partial charge in [-0.25, -0.2) is 4.98 Å². The summed E-state index contributed by atoms with van der Waals surface area (Å²) in [5.41, 5.74) is 2.02. The van der Waals surface area contributed by atoms with Gasteiger partial charge in [-0.3, -0.25) is 14.9 Å². The topological polar surface area (TPSA) is 71.5 Å². The third-order valence-corrected chi connectivity index (χ3v) is 6.79. The van der Waals surface area contributed by atoms with Gasteiger partial charge in [0.05, 0.1) is 16.8 Å². The molecule has 2 atom stereocenters. The number of halogens is 1. The number of benzene rings is 2. The molecule has 0 aliphatic carbocycles. The normalized spacial score (nSPS) is 20.3. The number of thioether (sulfide) groups is 1. The van der Waals surface area contributed by atoms with E-state index in [1.165, 1.54) is 0 Å². The van der Waals surface area contributed by atoms with E-state index in [1.807, 2.05) is 42.5 Å². The summed E-state index contributed by atoms with van der Waals surface area (Å²) in [6.45, 7) is 1.58. The number of imide groups is 1. The smallest absolute Gasteiger partial charge is 0.286 e. The Bertz CT molecular complexity index is 1120. The highest BCUT2D eigenvalue weighted by atomic mass is 35.5. The van der Waals surface area contributed by atoms with E-state index in [1.54, 1.807) is 0 Å². The molecule has 1 unspecified atom stereocenters. The van der Waals surface area contributed by atoms with Gasteiger partial charge in [-0.15, -0.1) is 12.4 Å². The minimum atomic E-state index is -0.347. The van der Waals surface area contributed by atoms with Crippen LogP contribution in [0.15, 0.2) is 60.7 Å². The van der Waals surface area contributed by atoms with Gasteiger partial charge < -0.3 is 9.64 Å². The molecule has 0 bridgehead atoms. The molecule has 32 heavy (non-hydrogen) atoms. The molecule has 2 fully saturated rings. The van der Waals surface area contributed by atoms with Crippen LogP contribution in [-0.2, 0) is 11.2 Å². The van der Waals surface area contributed by atoms with Crippen LogP contribution in [0.1, 0.15) is 18.4 Å². The highest BCUT2D eigenvalue weighted by Gasteiger charge is 2.31. The average molecular weight is 470 g/mol. The summed E-state index contributed by atoms with van der Waals surface area (Å²) >= 11 is 1.06. The maximum atomic E-state index is 11.7. The van der Waals surface area contributed by atoms with Gasteiger partial charge in [-0.2, -0.15) is 0 Å². The van der Waals surface area contributed by atoms with Crippen LogP contribution in [0, 0.1) is 0 Å². The zero-order chi connectivity index (χ0) is 21.2. The van der Waals surface area contributed by atoms with Gasteiger partial charge >= 0.3 is 0 Å². The van der Waals surface area contributed by atoms with Crippen LogP contribution in [0.25, 0.3) is 10.9 Å². The number of hydrogen-bond donors (Lipinski definition) is 1. The molecule has 3 heterocycles. The lowest BCUT2D eigenvalue weighted by molar-refractivity contribution is -0.118. The van der Waals surface area contributed by atoms with Crippen LogP contribution >= 0.6 is 24.2 Å². The summed E-state index contributed by atoms with van der Waals surface area (Å²) in [5, 5.41) is 2.86. The Morgan fingerprint density at radius 3 is 2.66 bits per heavy atom. The van der Waals surface area contributed by atoms with Gasteiger partial charge in [0.2, 0.25) is 5.91 Å². The molecule has 8 heteroatoms. The lowest BCUT2D eigenvalue weighted by Gasteiger charge is -2.26. The predicted octanol–water partition coefficient (Wildman–Crippen LogP) is 4.60. The van der Waals surface area contributed by atoms with Crippen molar-refractivity contribution in [2.45, 2.75) is 30.6 Å². The number of rotatable bonds is 6. The molecule has 2 amide bonds. The van der Waals surface area contributed by atoms with Gasteiger partial charge in [-0.05, 0) is 55.2 Å². The van der Waals surface area contributed by atoms with E-state index < -0.39 is 0 Å². The number of carbonyl (C=O) groups is 2. The fourth-order valence-corrected chi connectivity index (χ4v) is 5.04. The number of anilines is 1. The average Bonchev–Trinajstić information content (AvgIpc) is 3.38. The molecule has 2 saturated heterocycles. The molecule has 3 aromatic rings. The number of carbonyl (C=O) groups excluding carboxylic acids is 2. The summed E-state index contributed by atoms with van der Waals surface area (Å²) in [4.78, 5) is 30.2. The largest absolute Gasteiger partial charge is 0.491 e. The number of nitrogens with one attached hydrogen (secondary N) is 1. The highest BCUT2D eigenvalue weighted by molar-refractivity contribution is 8.15. The second-order valence-electron chi connectivity index (χ2n) is 7.89. The molecule has 2 aliphatic rings. The number of pyridine rings is 1. The number of hydrogen-bond acceptors (Lipinski definition) is 6. The Morgan fingerprint density at radius 2 is 1.88 bits per heavy atom. The van der Waals surface area contributed by atoms with Crippen molar-refractivity contribution in [1.29, 1.82) is 0 Å². The second-order valence-corrected chi connectivity index (χ2v) is 9.07. The van der Waals surface area contributed by atoms with Gasteiger partial charge in [0.25, 0.3) is 5.24 Å². The van der Waals surface area contributed by atoms with Crippen LogP contribution in [0.4, 0.5) is 10.6 Å². The van der Waals surface area contributed by atoms with Crippen LogP contribution in [-0.4, -0.2) is 40.6 Å². The standard InChI is InChI=1S/C24H23N3O3S.ClH/c28-23-21(31-24(29)26-23)14-16-7-10-19(11-8-16)30-15-18-5-3-13-27(18)22-12-9-17-4-1-2-6-20(17)25-22;/h1-2,4,6-12,18,21H,3,5,13-15H2,(H,26,28,29);1H/t18-,21?;/m0./s1. The summed E-state index contributed by atoms with van der Waals surface area (Å²) in [5.74, 6) is 1.60. The Morgan fingerprint density at radius 1 is 1.06 bits per heavy atom. The molecule has 0 spiro atoms. The summed E-state index contributed by atoms with van der Waals surface area (Å²) in [7, 11) is 0. The van der Waals surface area contributed by atoms with Crippen molar-refractivity contribution in [3.63, 3.8) is 0 Å². The fourth-order valence-electron chi connectivity index (χ4n) is 4.18. The van der Waals surface area contributed by atoms with E-state index in [4.69, 9.17) is 9.72 Å². The second kappa shape index (κ2) is 9.79. The molecule has 1 N–H and O–H groups in total. The maximum absolute atomic E-state index is 11.7. The first-order chi connectivity index (χ1) is 15.2. The van der Waals surface area contributed by atoms with Crippen molar-refractivity contribution >= 4 is 52.0 Å². The quantitative estimate of drug-likeness (QED) is 0.569. The number of nitrogens with zero attached hydrogens (tertiary/aromatic N) is 2. The molecular weight excluding hydrogens is 446 g/mol. The molecule has 6 nitrogen and oxygen atoms in total.